The molecule has 1 aliphatic rings. The summed E-state index contributed by atoms with van der Waals surface area (Å²) in [7, 11) is 0. The van der Waals surface area contributed by atoms with E-state index in [1.807, 2.05) is 58.8 Å². The SMILES string of the molecule is Cc1cc(CSc2ncccc2C(=O)N2CCN(Cc3cn4ccccc4n3)CC2)no1. The summed E-state index contributed by atoms with van der Waals surface area (Å²) in [5.74, 6) is 1.42. The van der Waals surface area contributed by atoms with Crippen LogP contribution in [0.4, 0.5) is 0 Å². The Morgan fingerprint density at radius 1 is 1.12 bits per heavy atom. The normalized spacial score (nSPS) is 14.8. The van der Waals surface area contributed by atoms with Crippen molar-refractivity contribution in [3.63, 3.8) is 0 Å². The number of aryl methyl sites for hydroxylation is 1. The number of pyridine rings is 2. The largest absolute Gasteiger partial charge is 0.361 e. The van der Waals surface area contributed by atoms with Gasteiger partial charge in [-0.1, -0.05) is 23.0 Å². The molecule has 5 rings (SSSR count). The van der Waals surface area contributed by atoms with Gasteiger partial charge in [0.25, 0.3) is 5.91 Å². The highest BCUT2D eigenvalue weighted by Crippen LogP contribution is 2.25. The Labute approximate surface area is 190 Å². The molecule has 5 heterocycles. The molecular weight excluding hydrogens is 424 g/mol. The smallest absolute Gasteiger partial charge is 0.256 e. The number of thioether (sulfide) groups is 1. The minimum atomic E-state index is 0.0318. The third-order valence-corrected chi connectivity index (χ3v) is 6.53. The Hall–Kier alpha value is -3.17. The van der Waals surface area contributed by atoms with Gasteiger partial charge in [-0.05, 0) is 31.2 Å². The Morgan fingerprint density at radius 3 is 2.78 bits per heavy atom. The molecule has 9 heteroatoms. The van der Waals surface area contributed by atoms with Crippen molar-refractivity contribution >= 4 is 23.3 Å². The van der Waals surface area contributed by atoms with Crippen LogP contribution >= 0.6 is 11.8 Å². The van der Waals surface area contributed by atoms with Gasteiger partial charge in [-0.3, -0.25) is 9.69 Å². The first-order chi connectivity index (χ1) is 15.7. The van der Waals surface area contributed by atoms with Gasteiger partial charge in [-0.25, -0.2) is 9.97 Å². The quantitative estimate of drug-likeness (QED) is 0.419. The molecule has 164 valence electrons. The minimum absolute atomic E-state index is 0.0318. The standard InChI is InChI=1S/C23H24N6O2S/c1-17-13-18(26-31-17)16-32-22-20(5-4-7-24-22)23(30)28-11-9-27(10-12-28)14-19-15-29-8-3-2-6-21(29)25-19/h2-8,13,15H,9-12,14,16H2,1H3. The molecule has 8 nitrogen and oxygen atoms in total. The molecule has 0 bridgehead atoms. The molecule has 4 aromatic heterocycles. The zero-order valence-electron chi connectivity index (χ0n) is 17.8. The topological polar surface area (TPSA) is 79.8 Å². The Morgan fingerprint density at radius 2 is 2.00 bits per heavy atom. The van der Waals surface area contributed by atoms with E-state index in [0.717, 1.165) is 47.5 Å². The van der Waals surface area contributed by atoms with E-state index < -0.39 is 0 Å². The number of hydrogen-bond donors (Lipinski definition) is 0. The van der Waals surface area contributed by atoms with Gasteiger partial charge >= 0.3 is 0 Å². The molecule has 0 saturated carbocycles. The number of rotatable bonds is 6. The average Bonchev–Trinajstić information content (AvgIpc) is 3.43. The van der Waals surface area contributed by atoms with Gasteiger partial charge < -0.3 is 13.8 Å². The maximum Gasteiger partial charge on any atom is 0.256 e. The van der Waals surface area contributed by atoms with E-state index in [1.165, 1.54) is 11.8 Å². The molecule has 4 aromatic rings. The molecule has 0 atom stereocenters. The molecule has 0 N–H and O–H groups in total. The van der Waals surface area contributed by atoms with Gasteiger partial charge in [0, 0.05) is 63.1 Å². The summed E-state index contributed by atoms with van der Waals surface area (Å²) in [5, 5.41) is 4.75. The van der Waals surface area contributed by atoms with Crippen LogP contribution < -0.4 is 0 Å². The molecule has 0 radical (unpaired) electrons. The van der Waals surface area contributed by atoms with Crippen LogP contribution in [0.1, 0.15) is 27.5 Å². The maximum atomic E-state index is 13.2. The molecule has 1 saturated heterocycles. The second-order valence-corrected chi connectivity index (χ2v) is 8.80. The second kappa shape index (κ2) is 9.13. The first-order valence-electron chi connectivity index (χ1n) is 10.6. The predicted molar refractivity (Wildman–Crippen MR) is 121 cm³/mol. The van der Waals surface area contributed by atoms with Crippen molar-refractivity contribution in [3.8, 4) is 0 Å². The number of fused-ring (bicyclic) bond motifs is 1. The third kappa shape index (κ3) is 4.53. The zero-order chi connectivity index (χ0) is 21.9. The molecule has 0 aromatic carbocycles. The first-order valence-corrected chi connectivity index (χ1v) is 11.6. The first kappa shape index (κ1) is 20.7. The van der Waals surface area contributed by atoms with E-state index in [0.29, 0.717) is 24.4 Å². The molecule has 0 aliphatic carbocycles. The Bertz CT molecular complexity index is 1190. The van der Waals surface area contributed by atoms with Crippen LogP contribution in [-0.2, 0) is 12.3 Å². The number of imidazole rings is 1. The van der Waals surface area contributed by atoms with Crippen LogP contribution in [0, 0.1) is 6.92 Å². The van der Waals surface area contributed by atoms with Crippen molar-refractivity contribution in [2.45, 2.75) is 24.2 Å². The van der Waals surface area contributed by atoms with E-state index >= 15 is 0 Å². The fourth-order valence-corrected chi connectivity index (χ4v) is 4.74. The fourth-order valence-electron chi connectivity index (χ4n) is 3.87. The van der Waals surface area contributed by atoms with Gasteiger partial charge in [0.2, 0.25) is 0 Å². The van der Waals surface area contributed by atoms with Crippen LogP contribution in [0.2, 0.25) is 0 Å². The number of carbonyl (C=O) groups is 1. The van der Waals surface area contributed by atoms with Crippen molar-refractivity contribution in [1.29, 1.82) is 0 Å². The van der Waals surface area contributed by atoms with Crippen molar-refractivity contribution in [2.24, 2.45) is 0 Å². The monoisotopic (exact) mass is 448 g/mol. The Balaban J connectivity index is 1.20. The predicted octanol–water partition coefficient (Wildman–Crippen LogP) is 3.28. The van der Waals surface area contributed by atoms with Gasteiger partial charge in [0.15, 0.2) is 0 Å². The Kier molecular flexibility index (Phi) is 5.91. The van der Waals surface area contributed by atoms with Gasteiger partial charge in [0.1, 0.15) is 16.4 Å². The van der Waals surface area contributed by atoms with Crippen molar-refractivity contribution in [3.05, 3.63) is 77.7 Å². The highest BCUT2D eigenvalue weighted by Gasteiger charge is 2.25. The van der Waals surface area contributed by atoms with Gasteiger partial charge in [0.05, 0.1) is 17.0 Å². The molecule has 32 heavy (non-hydrogen) atoms. The van der Waals surface area contributed by atoms with E-state index in [9.17, 15) is 4.79 Å². The van der Waals surface area contributed by atoms with Crippen LogP contribution in [0.5, 0.6) is 0 Å². The highest BCUT2D eigenvalue weighted by atomic mass is 32.2. The average molecular weight is 449 g/mol. The number of amides is 1. The molecular formula is C23H24N6O2S. The lowest BCUT2D eigenvalue weighted by molar-refractivity contribution is 0.0623. The van der Waals surface area contributed by atoms with Crippen LogP contribution in [0.15, 0.2) is 64.5 Å². The number of hydrogen-bond acceptors (Lipinski definition) is 7. The lowest BCUT2D eigenvalue weighted by Crippen LogP contribution is -2.48. The van der Waals surface area contributed by atoms with Crippen LogP contribution in [-0.4, -0.2) is 61.4 Å². The molecule has 1 fully saturated rings. The number of piperazine rings is 1. The number of aromatic nitrogens is 4. The molecule has 1 amide bonds. The molecule has 1 aliphatic heterocycles. The fraction of sp³-hybridized carbons (Fsp3) is 0.304. The lowest BCUT2D eigenvalue weighted by atomic mass is 10.2. The van der Waals surface area contributed by atoms with Gasteiger partial charge in [-0.2, -0.15) is 0 Å². The summed E-state index contributed by atoms with van der Waals surface area (Å²) in [5.41, 5.74) is 3.49. The zero-order valence-corrected chi connectivity index (χ0v) is 18.7. The second-order valence-electron chi connectivity index (χ2n) is 7.84. The third-order valence-electron chi connectivity index (χ3n) is 5.49. The summed E-state index contributed by atoms with van der Waals surface area (Å²) in [6, 6.07) is 11.6. The van der Waals surface area contributed by atoms with E-state index in [1.54, 1.807) is 6.20 Å². The summed E-state index contributed by atoms with van der Waals surface area (Å²) in [4.78, 5) is 26.6. The summed E-state index contributed by atoms with van der Waals surface area (Å²) in [6.07, 6.45) is 5.80. The summed E-state index contributed by atoms with van der Waals surface area (Å²) >= 11 is 1.51. The van der Waals surface area contributed by atoms with E-state index in [2.05, 4.69) is 26.2 Å². The van der Waals surface area contributed by atoms with Crippen molar-refractivity contribution < 1.29 is 9.32 Å². The minimum Gasteiger partial charge on any atom is -0.361 e. The molecule has 0 spiro atoms. The van der Waals surface area contributed by atoms with Crippen LogP contribution in [0.25, 0.3) is 5.65 Å². The summed E-state index contributed by atoms with van der Waals surface area (Å²) < 4.78 is 7.16. The maximum absolute atomic E-state index is 13.2. The van der Waals surface area contributed by atoms with Crippen molar-refractivity contribution in [2.75, 3.05) is 26.2 Å². The molecule has 0 unspecified atom stereocenters. The van der Waals surface area contributed by atoms with Crippen molar-refractivity contribution in [1.82, 2.24) is 29.3 Å². The summed E-state index contributed by atoms with van der Waals surface area (Å²) in [6.45, 7) is 5.67. The number of nitrogens with zero attached hydrogens (tertiary/aromatic N) is 6. The van der Waals surface area contributed by atoms with E-state index in [-0.39, 0.29) is 5.91 Å². The van der Waals surface area contributed by atoms with Crippen LogP contribution in [0.3, 0.4) is 0 Å². The lowest BCUT2D eigenvalue weighted by Gasteiger charge is -2.34. The highest BCUT2D eigenvalue weighted by molar-refractivity contribution is 7.98. The van der Waals surface area contributed by atoms with Gasteiger partial charge in [-0.15, -0.1) is 0 Å². The number of carbonyl (C=O) groups excluding carboxylic acids is 1. The van der Waals surface area contributed by atoms with E-state index in [4.69, 9.17) is 4.52 Å².